The maximum Gasteiger partial charge on any atom is 0.334 e. The number of nitrogens with zero attached hydrogens (tertiary/aromatic N) is 1. The van der Waals surface area contributed by atoms with Crippen molar-refractivity contribution < 1.29 is 23.9 Å². The Labute approximate surface area is 159 Å². The second-order valence-electron chi connectivity index (χ2n) is 7.44. The van der Waals surface area contributed by atoms with Gasteiger partial charge in [0.1, 0.15) is 17.5 Å². The minimum absolute atomic E-state index is 0.125. The third-order valence-electron chi connectivity index (χ3n) is 5.10. The van der Waals surface area contributed by atoms with Gasteiger partial charge in [-0.2, -0.15) is 0 Å². The Morgan fingerprint density at radius 3 is 2.04 bits per heavy atom. The molecule has 0 bridgehead atoms. The van der Waals surface area contributed by atoms with Crippen molar-refractivity contribution in [2.24, 2.45) is 17.8 Å². The van der Waals surface area contributed by atoms with Gasteiger partial charge >= 0.3 is 5.97 Å². The first-order valence-corrected chi connectivity index (χ1v) is 9.30. The summed E-state index contributed by atoms with van der Waals surface area (Å²) >= 11 is 0. The molecule has 1 fully saturated rings. The Hall–Kier alpha value is -2.63. The quantitative estimate of drug-likeness (QED) is 0.333. The van der Waals surface area contributed by atoms with Crippen LogP contribution in [0.25, 0.3) is 0 Å². The molecule has 1 heterocycles. The number of carbonyl (C=O) groups excluding carboxylic acids is 3. The average Bonchev–Trinajstić information content (AvgIpc) is 2.91. The number of methoxy groups -OCH3 is 1. The van der Waals surface area contributed by atoms with Crippen molar-refractivity contribution >= 4 is 17.8 Å². The number of allylic oxidation sites excluding steroid dienone is 2. The van der Waals surface area contributed by atoms with Gasteiger partial charge in [-0.25, -0.2) is 4.79 Å². The number of hydrogen-bond donors (Lipinski definition) is 0. The van der Waals surface area contributed by atoms with E-state index in [0.29, 0.717) is 30.8 Å². The average molecular weight is 371 g/mol. The first-order valence-electron chi connectivity index (χ1n) is 9.30. The van der Waals surface area contributed by atoms with E-state index in [1.807, 2.05) is 26.0 Å². The second kappa shape index (κ2) is 7.94. The van der Waals surface area contributed by atoms with Crippen LogP contribution in [0.15, 0.2) is 36.4 Å². The molecule has 3 unspecified atom stereocenters. The summed E-state index contributed by atoms with van der Waals surface area (Å²) in [4.78, 5) is 39.8. The van der Waals surface area contributed by atoms with E-state index < -0.39 is 12.0 Å². The predicted molar refractivity (Wildman–Crippen MR) is 99.1 cm³/mol. The third kappa shape index (κ3) is 3.89. The Kier molecular flexibility index (Phi) is 5.63. The van der Waals surface area contributed by atoms with E-state index in [9.17, 15) is 14.4 Å². The second-order valence-corrected chi connectivity index (χ2v) is 7.44. The lowest BCUT2D eigenvalue weighted by Gasteiger charge is -2.26. The number of esters is 1. The molecule has 0 spiro atoms. The smallest absolute Gasteiger partial charge is 0.334 e. The molecular formula is C21H25NO5. The molecule has 0 N–H and O–H groups in total. The normalized spacial score (nSPS) is 22.7. The lowest BCUT2D eigenvalue weighted by atomic mass is 9.85. The Balaban J connectivity index is 1.81. The van der Waals surface area contributed by atoms with Gasteiger partial charge in [-0.3, -0.25) is 14.5 Å². The Bertz CT molecular complexity index is 726. The van der Waals surface area contributed by atoms with Crippen molar-refractivity contribution in [1.29, 1.82) is 0 Å². The first-order chi connectivity index (χ1) is 12.9. The first kappa shape index (κ1) is 19.1. The fourth-order valence-electron chi connectivity index (χ4n) is 3.71. The van der Waals surface area contributed by atoms with Crippen LogP contribution >= 0.6 is 0 Å². The minimum atomic E-state index is -0.905. The molecule has 3 rings (SSSR count). The van der Waals surface area contributed by atoms with Crippen molar-refractivity contribution in [3.05, 3.63) is 36.4 Å². The molecule has 0 saturated carbocycles. The summed E-state index contributed by atoms with van der Waals surface area (Å²) in [6.45, 7) is 3.90. The number of likely N-dealkylation sites (tertiary alicyclic amines) is 1. The molecule has 6 heteroatoms. The topological polar surface area (TPSA) is 72.9 Å². The Morgan fingerprint density at radius 1 is 1.04 bits per heavy atom. The maximum absolute atomic E-state index is 12.9. The molecule has 144 valence electrons. The van der Waals surface area contributed by atoms with Crippen molar-refractivity contribution in [2.75, 3.05) is 7.11 Å². The van der Waals surface area contributed by atoms with Gasteiger partial charge in [0.2, 0.25) is 11.8 Å². The van der Waals surface area contributed by atoms with Crippen molar-refractivity contribution in [2.45, 2.75) is 39.2 Å². The fraction of sp³-hybridized carbons (Fsp3) is 0.476. The zero-order valence-corrected chi connectivity index (χ0v) is 15.9. The number of carbonyl (C=O) groups is 3. The van der Waals surface area contributed by atoms with E-state index in [-0.39, 0.29) is 29.6 Å². The summed E-state index contributed by atoms with van der Waals surface area (Å²) in [5, 5.41) is 0. The van der Waals surface area contributed by atoms with Crippen molar-refractivity contribution in [1.82, 2.24) is 4.90 Å². The summed E-state index contributed by atoms with van der Waals surface area (Å²) in [5.74, 6) is -0.681. The largest absolute Gasteiger partial charge is 0.497 e. The molecule has 6 nitrogen and oxygen atoms in total. The predicted octanol–water partition coefficient (Wildman–Crippen LogP) is 2.97. The van der Waals surface area contributed by atoms with Crippen LogP contribution in [0, 0.1) is 17.8 Å². The fourth-order valence-corrected chi connectivity index (χ4v) is 3.71. The summed E-state index contributed by atoms with van der Waals surface area (Å²) in [7, 11) is 1.55. The lowest BCUT2D eigenvalue weighted by molar-refractivity contribution is -0.154. The molecule has 1 saturated heterocycles. The van der Waals surface area contributed by atoms with Gasteiger partial charge in [0.25, 0.3) is 0 Å². The zero-order valence-electron chi connectivity index (χ0n) is 15.9. The van der Waals surface area contributed by atoms with Crippen molar-refractivity contribution in [3.63, 3.8) is 0 Å². The summed E-state index contributed by atoms with van der Waals surface area (Å²) in [6.07, 6.45) is 5.34. The number of hydrogen-bond acceptors (Lipinski definition) is 5. The molecule has 2 aliphatic rings. The van der Waals surface area contributed by atoms with Gasteiger partial charge < -0.3 is 9.47 Å². The van der Waals surface area contributed by atoms with E-state index in [1.54, 1.807) is 31.4 Å². The van der Waals surface area contributed by atoms with Gasteiger partial charge in [-0.1, -0.05) is 26.0 Å². The van der Waals surface area contributed by atoms with Gasteiger partial charge in [-0.05, 0) is 49.4 Å². The molecule has 0 aromatic heterocycles. The number of ether oxygens (including phenoxy) is 2. The number of amides is 2. The van der Waals surface area contributed by atoms with Crippen LogP contribution in [0.2, 0.25) is 0 Å². The van der Waals surface area contributed by atoms with E-state index in [1.165, 1.54) is 0 Å². The molecule has 3 atom stereocenters. The highest BCUT2D eigenvalue weighted by Crippen LogP contribution is 2.37. The van der Waals surface area contributed by atoms with Crippen LogP contribution in [0.5, 0.6) is 11.5 Å². The summed E-state index contributed by atoms with van der Waals surface area (Å²) < 4.78 is 10.6. The third-order valence-corrected chi connectivity index (χ3v) is 5.10. The van der Waals surface area contributed by atoms with Crippen molar-refractivity contribution in [3.8, 4) is 11.5 Å². The summed E-state index contributed by atoms with van der Waals surface area (Å²) in [6, 6.07) is 5.72. The van der Waals surface area contributed by atoms with Crippen LogP contribution in [-0.2, 0) is 14.4 Å². The monoisotopic (exact) mass is 371 g/mol. The highest BCUT2D eigenvalue weighted by molar-refractivity contribution is 6.08. The van der Waals surface area contributed by atoms with Crippen LogP contribution in [0.3, 0.4) is 0 Å². The number of fused-ring (bicyclic) bond motifs is 1. The molecule has 1 aromatic rings. The lowest BCUT2D eigenvalue weighted by Crippen LogP contribution is -2.48. The summed E-state index contributed by atoms with van der Waals surface area (Å²) in [5.41, 5.74) is 0. The van der Waals surface area contributed by atoms with Gasteiger partial charge in [0.05, 0.1) is 18.9 Å². The molecule has 27 heavy (non-hydrogen) atoms. The highest BCUT2D eigenvalue weighted by Gasteiger charge is 2.51. The number of imide groups is 1. The maximum atomic E-state index is 12.9. The molecular weight excluding hydrogens is 346 g/mol. The van der Waals surface area contributed by atoms with Crippen LogP contribution < -0.4 is 9.47 Å². The van der Waals surface area contributed by atoms with Crippen LogP contribution in [0.1, 0.15) is 33.1 Å². The van der Waals surface area contributed by atoms with Crippen LogP contribution in [0.4, 0.5) is 0 Å². The SMILES string of the molecule is COc1ccc(OC(=O)C(CC(C)C)N2C(=O)C3CC=CCC3C2=O)cc1. The standard InChI is InChI=1S/C21H25NO5/c1-13(2)12-18(21(25)27-15-10-8-14(26-3)9-11-15)22-19(23)16-6-4-5-7-17(16)20(22)24/h4-5,8-11,13,16-18H,6-7,12H2,1-3H3. The van der Waals surface area contributed by atoms with Crippen LogP contribution in [-0.4, -0.2) is 35.8 Å². The minimum Gasteiger partial charge on any atom is -0.497 e. The molecule has 0 radical (unpaired) electrons. The number of rotatable bonds is 6. The number of benzene rings is 1. The molecule has 1 aliphatic carbocycles. The van der Waals surface area contributed by atoms with Gasteiger partial charge in [0, 0.05) is 0 Å². The highest BCUT2D eigenvalue weighted by atomic mass is 16.5. The van der Waals surface area contributed by atoms with E-state index >= 15 is 0 Å². The zero-order chi connectivity index (χ0) is 19.6. The molecule has 1 aliphatic heterocycles. The van der Waals surface area contributed by atoms with E-state index in [2.05, 4.69) is 0 Å². The Morgan fingerprint density at radius 2 is 1.56 bits per heavy atom. The molecule has 1 aromatic carbocycles. The molecule has 2 amide bonds. The van der Waals surface area contributed by atoms with E-state index in [4.69, 9.17) is 9.47 Å². The van der Waals surface area contributed by atoms with Gasteiger partial charge in [-0.15, -0.1) is 0 Å². The van der Waals surface area contributed by atoms with E-state index in [0.717, 1.165) is 4.90 Å². The van der Waals surface area contributed by atoms with Gasteiger partial charge in [0.15, 0.2) is 0 Å².